The van der Waals surface area contributed by atoms with E-state index in [0.717, 1.165) is 23.9 Å². The Bertz CT molecular complexity index is 1050. The quantitative estimate of drug-likeness (QED) is 0.655. The third kappa shape index (κ3) is 3.97. The molecule has 1 aliphatic heterocycles. The lowest BCUT2D eigenvalue weighted by molar-refractivity contribution is 0.0757. The van der Waals surface area contributed by atoms with Gasteiger partial charge in [-0.3, -0.25) is 9.69 Å². The fourth-order valence-electron chi connectivity index (χ4n) is 3.56. The Balaban J connectivity index is 1.46. The normalized spacial score (nSPS) is 15.5. The second-order valence-electron chi connectivity index (χ2n) is 7.03. The van der Waals surface area contributed by atoms with Gasteiger partial charge in [0, 0.05) is 38.1 Å². The van der Waals surface area contributed by atoms with E-state index < -0.39 is 5.63 Å². The minimum atomic E-state index is -0.601. The maximum Gasteiger partial charge on any atom is 0.349 e. The van der Waals surface area contributed by atoms with Crippen LogP contribution < -0.4 is 5.63 Å². The number of fused-ring (bicyclic) bond motifs is 1. The molecule has 0 unspecified atom stereocenters. The number of halogens is 1. The highest BCUT2D eigenvalue weighted by Crippen LogP contribution is 2.15. The number of amides is 1. The van der Waals surface area contributed by atoms with Crippen LogP contribution in [0, 0.1) is 5.82 Å². The van der Waals surface area contributed by atoms with Gasteiger partial charge < -0.3 is 9.32 Å². The standard InChI is InChI=1S/C22H21FN2O3/c23-18-8-6-16(7-9-18)15-24-10-3-11-25(13-12-24)21(26)19-14-17-4-1-2-5-20(17)28-22(19)27/h1-2,4-9,14H,3,10-13,15H2. The molecule has 1 amide bonds. The van der Waals surface area contributed by atoms with Gasteiger partial charge in [0.2, 0.25) is 0 Å². The first-order valence-corrected chi connectivity index (χ1v) is 9.39. The number of benzene rings is 2. The van der Waals surface area contributed by atoms with Crippen molar-refractivity contribution in [3.05, 3.63) is 82.0 Å². The summed E-state index contributed by atoms with van der Waals surface area (Å²) in [5, 5.41) is 0.734. The molecule has 28 heavy (non-hydrogen) atoms. The fourth-order valence-corrected chi connectivity index (χ4v) is 3.56. The second-order valence-corrected chi connectivity index (χ2v) is 7.03. The average Bonchev–Trinajstić information content (AvgIpc) is 2.94. The van der Waals surface area contributed by atoms with E-state index in [4.69, 9.17) is 4.42 Å². The van der Waals surface area contributed by atoms with Crippen LogP contribution in [-0.4, -0.2) is 41.9 Å². The lowest BCUT2D eigenvalue weighted by Crippen LogP contribution is -2.37. The van der Waals surface area contributed by atoms with Crippen LogP contribution in [0.15, 0.2) is 63.8 Å². The van der Waals surface area contributed by atoms with Crippen LogP contribution in [0.25, 0.3) is 11.0 Å². The minimum Gasteiger partial charge on any atom is -0.422 e. The van der Waals surface area contributed by atoms with Crippen molar-refractivity contribution in [1.82, 2.24) is 9.80 Å². The van der Waals surface area contributed by atoms with Gasteiger partial charge in [-0.15, -0.1) is 0 Å². The first-order valence-electron chi connectivity index (χ1n) is 9.39. The summed E-state index contributed by atoms with van der Waals surface area (Å²) in [6.45, 7) is 3.37. The van der Waals surface area contributed by atoms with Crippen LogP contribution in [-0.2, 0) is 6.54 Å². The summed E-state index contributed by atoms with van der Waals surface area (Å²) in [4.78, 5) is 29.2. The van der Waals surface area contributed by atoms with E-state index in [2.05, 4.69) is 4.90 Å². The second kappa shape index (κ2) is 7.94. The Morgan fingerprint density at radius 3 is 2.61 bits per heavy atom. The van der Waals surface area contributed by atoms with Gasteiger partial charge >= 0.3 is 5.63 Å². The zero-order chi connectivity index (χ0) is 19.5. The van der Waals surface area contributed by atoms with E-state index >= 15 is 0 Å². The Morgan fingerprint density at radius 1 is 1.00 bits per heavy atom. The van der Waals surface area contributed by atoms with Crippen molar-refractivity contribution in [1.29, 1.82) is 0 Å². The lowest BCUT2D eigenvalue weighted by Gasteiger charge is -2.22. The molecule has 0 saturated carbocycles. The Hall–Kier alpha value is -2.99. The molecule has 1 aromatic heterocycles. The molecule has 2 aromatic carbocycles. The molecule has 0 bridgehead atoms. The predicted octanol–water partition coefficient (Wildman–Crippen LogP) is 3.28. The van der Waals surface area contributed by atoms with Crippen LogP contribution >= 0.6 is 0 Å². The summed E-state index contributed by atoms with van der Waals surface area (Å²) >= 11 is 0. The molecule has 0 atom stereocenters. The molecule has 0 radical (unpaired) electrons. The van der Waals surface area contributed by atoms with E-state index in [1.165, 1.54) is 12.1 Å². The number of hydrogen-bond acceptors (Lipinski definition) is 4. The fraction of sp³-hybridized carbons (Fsp3) is 0.273. The van der Waals surface area contributed by atoms with Gasteiger partial charge in [-0.1, -0.05) is 30.3 Å². The highest BCUT2D eigenvalue weighted by atomic mass is 19.1. The summed E-state index contributed by atoms with van der Waals surface area (Å²) in [7, 11) is 0. The molecule has 0 aliphatic carbocycles. The molecule has 2 heterocycles. The molecule has 1 saturated heterocycles. The summed E-state index contributed by atoms with van der Waals surface area (Å²) < 4.78 is 18.4. The lowest BCUT2D eigenvalue weighted by atomic mass is 10.1. The third-order valence-electron chi connectivity index (χ3n) is 5.07. The van der Waals surface area contributed by atoms with Gasteiger partial charge in [0.1, 0.15) is 17.0 Å². The molecular formula is C22H21FN2O3. The van der Waals surface area contributed by atoms with Crippen LogP contribution in [0.2, 0.25) is 0 Å². The first kappa shape index (κ1) is 18.4. The number of carbonyl (C=O) groups excluding carboxylic acids is 1. The van der Waals surface area contributed by atoms with E-state index in [1.54, 1.807) is 35.2 Å². The van der Waals surface area contributed by atoms with Crippen LogP contribution in [0.1, 0.15) is 22.3 Å². The Kier molecular flexibility index (Phi) is 5.21. The smallest absolute Gasteiger partial charge is 0.349 e. The first-order chi connectivity index (χ1) is 13.6. The number of rotatable bonds is 3. The molecule has 1 fully saturated rings. The Morgan fingerprint density at radius 2 is 1.79 bits per heavy atom. The average molecular weight is 380 g/mol. The number of nitrogens with zero attached hydrogens (tertiary/aromatic N) is 2. The monoisotopic (exact) mass is 380 g/mol. The molecular weight excluding hydrogens is 359 g/mol. The van der Waals surface area contributed by atoms with Crippen molar-refractivity contribution in [3.8, 4) is 0 Å². The van der Waals surface area contributed by atoms with Crippen LogP contribution in [0.5, 0.6) is 0 Å². The van der Waals surface area contributed by atoms with Crippen LogP contribution in [0.4, 0.5) is 4.39 Å². The predicted molar refractivity (Wildman–Crippen MR) is 105 cm³/mol. The maximum atomic E-state index is 13.1. The van der Waals surface area contributed by atoms with E-state index in [0.29, 0.717) is 31.8 Å². The van der Waals surface area contributed by atoms with Gasteiger partial charge in [0.05, 0.1) is 0 Å². The Labute approximate surface area is 162 Å². The highest BCUT2D eigenvalue weighted by Gasteiger charge is 2.23. The number of carbonyl (C=O) groups is 1. The summed E-state index contributed by atoms with van der Waals surface area (Å²) in [5.41, 5.74) is 0.989. The molecule has 144 valence electrons. The molecule has 4 rings (SSSR count). The van der Waals surface area contributed by atoms with Gasteiger partial charge in [-0.05, 0) is 36.2 Å². The highest BCUT2D eigenvalue weighted by molar-refractivity contribution is 5.96. The van der Waals surface area contributed by atoms with Crippen molar-refractivity contribution in [3.63, 3.8) is 0 Å². The number of para-hydroxylation sites is 1. The van der Waals surface area contributed by atoms with Crippen molar-refractivity contribution >= 4 is 16.9 Å². The molecule has 3 aromatic rings. The third-order valence-corrected chi connectivity index (χ3v) is 5.07. The van der Waals surface area contributed by atoms with Crippen molar-refractivity contribution < 1.29 is 13.6 Å². The maximum absolute atomic E-state index is 13.1. The molecule has 6 heteroatoms. The van der Waals surface area contributed by atoms with Crippen molar-refractivity contribution in [2.75, 3.05) is 26.2 Å². The SMILES string of the molecule is O=C(c1cc2ccccc2oc1=O)N1CCCN(Cc2ccc(F)cc2)CC1. The van der Waals surface area contributed by atoms with Gasteiger partial charge in [-0.25, -0.2) is 9.18 Å². The molecule has 0 N–H and O–H groups in total. The van der Waals surface area contributed by atoms with Gasteiger partial charge in [0.25, 0.3) is 5.91 Å². The number of hydrogen-bond donors (Lipinski definition) is 0. The van der Waals surface area contributed by atoms with E-state index in [1.807, 2.05) is 12.1 Å². The molecule has 1 aliphatic rings. The van der Waals surface area contributed by atoms with Crippen molar-refractivity contribution in [2.45, 2.75) is 13.0 Å². The van der Waals surface area contributed by atoms with Gasteiger partial charge in [0.15, 0.2) is 0 Å². The van der Waals surface area contributed by atoms with Crippen LogP contribution in [0.3, 0.4) is 0 Å². The zero-order valence-electron chi connectivity index (χ0n) is 15.4. The van der Waals surface area contributed by atoms with E-state index in [-0.39, 0.29) is 17.3 Å². The summed E-state index contributed by atoms with van der Waals surface area (Å²) in [6, 6.07) is 15.3. The molecule has 0 spiro atoms. The largest absolute Gasteiger partial charge is 0.422 e. The summed E-state index contributed by atoms with van der Waals surface area (Å²) in [6.07, 6.45) is 0.811. The minimum absolute atomic E-state index is 0.0747. The molecule has 5 nitrogen and oxygen atoms in total. The van der Waals surface area contributed by atoms with Gasteiger partial charge in [-0.2, -0.15) is 0 Å². The van der Waals surface area contributed by atoms with E-state index in [9.17, 15) is 14.0 Å². The van der Waals surface area contributed by atoms with Crippen molar-refractivity contribution in [2.24, 2.45) is 0 Å². The summed E-state index contributed by atoms with van der Waals surface area (Å²) in [5.74, 6) is -0.534. The topological polar surface area (TPSA) is 53.8 Å². The zero-order valence-corrected chi connectivity index (χ0v) is 15.4.